The van der Waals surface area contributed by atoms with Crippen LogP contribution in [0.4, 0.5) is 0 Å². The van der Waals surface area contributed by atoms with Crippen molar-refractivity contribution >= 4 is 11.7 Å². The molecule has 0 amide bonds. The molecule has 0 N–H and O–H groups in total. The van der Waals surface area contributed by atoms with Gasteiger partial charge in [-0.1, -0.05) is 31.3 Å². The van der Waals surface area contributed by atoms with E-state index in [0.717, 1.165) is 18.6 Å². The number of carbonyl (C=O) groups excluding carboxylic acids is 1. The zero-order valence-corrected chi connectivity index (χ0v) is 8.66. The van der Waals surface area contributed by atoms with Crippen LogP contribution in [0.3, 0.4) is 0 Å². The fraction of sp³-hybridized carbons (Fsp3) is 0.818. The second-order valence-corrected chi connectivity index (χ2v) is 4.27. The van der Waals surface area contributed by atoms with Crippen LogP contribution in [0.2, 0.25) is 0 Å². The van der Waals surface area contributed by atoms with Crippen molar-refractivity contribution in [3.63, 3.8) is 0 Å². The molecule has 1 saturated carbocycles. The summed E-state index contributed by atoms with van der Waals surface area (Å²) >= 11 is 0. The monoisotopic (exact) mass is 195 g/mol. The zero-order valence-electron chi connectivity index (χ0n) is 8.66. The van der Waals surface area contributed by atoms with E-state index in [0.29, 0.717) is 5.92 Å². The fourth-order valence-electron chi connectivity index (χ4n) is 2.57. The lowest BCUT2D eigenvalue weighted by molar-refractivity contribution is -0.144. The van der Waals surface area contributed by atoms with Crippen molar-refractivity contribution in [1.82, 2.24) is 0 Å². The molecule has 0 aromatic heterocycles. The van der Waals surface area contributed by atoms with E-state index in [4.69, 9.17) is 4.84 Å². The lowest BCUT2D eigenvalue weighted by atomic mass is 9.86. The van der Waals surface area contributed by atoms with Gasteiger partial charge in [-0.2, -0.15) is 0 Å². The highest BCUT2D eigenvalue weighted by molar-refractivity contribution is 6.05. The van der Waals surface area contributed by atoms with E-state index in [1.807, 2.05) is 0 Å². The van der Waals surface area contributed by atoms with Gasteiger partial charge in [0.2, 0.25) is 0 Å². The highest BCUT2D eigenvalue weighted by atomic mass is 16.7. The SMILES string of the molecule is CCCC1=NOC(=O)C1C1CCCC1. The van der Waals surface area contributed by atoms with Crippen molar-refractivity contribution in [2.75, 3.05) is 0 Å². The molecule has 2 aliphatic rings. The first-order chi connectivity index (χ1) is 6.83. The van der Waals surface area contributed by atoms with E-state index in [-0.39, 0.29) is 11.9 Å². The second kappa shape index (κ2) is 4.11. The first-order valence-corrected chi connectivity index (χ1v) is 5.60. The summed E-state index contributed by atoms with van der Waals surface area (Å²) in [5.74, 6) is 0.396. The van der Waals surface area contributed by atoms with Gasteiger partial charge in [-0.15, -0.1) is 0 Å². The molecule has 0 aromatic rings. The maximum absolute atomic E-state index is 11.5. The van der Waals surface area contributed by atoms with Crippen LogP contribution >= 0.6 is 0 Å². The van der Waals surface area contributed by atoms with Gasteiger partial charge in [0, 0.05) is 0 Å². The predicted octanol–water partition coefficient (Wildman–Crippen LogP) is 2.51. The van der Waals surface area contributed by atoms with Gasteiger partial charge in [0.1, 0.15) is 5.92 Å². The molecule has 0 aromatic carbocycles. The number of oxime groups is 1. The van der Waals surface area contributed by atoms with Gasteiger partial charge in [0.15, 0.2) is 0 Å². The summed E-state index contributed by atoms with van der Waals surface area (Å²) in [4.78, 5) is 16.3. The van der Waals surface area contributed by atoms with Crippen LogP contribution < -0.4 is 0 Å². The Morgan fingerprint density at radius 2 is 2.14 bits per heavy atom. The Labute approximate surface area is 84.5 Å². The Morgan fingerprint density at radius 3 is 2.79 bits per heavy atom. The van der Waals surface area contributed by atoms with Crippen molar-refractivity contribution in [3.8, 4) is 0 Å². The molecule has 1 heterocycles. The van der Waals surface area contributed by atoms with Crippen molar-refractivity contribution in [1.29, 1.82) is 0 Å². The molecule has 0 radical (unpaired) electrons. The maximum atomic E-state index is 11.5. The molecule has 3 nitrogen and oxygen atoms in total. The quantitative estimate of drug-likeness (QED) is 0.649. The Balaban J connectivity index is 2.06. The van der Waals surface area contributed by atoms with Gasteiger partial charge in [-0.05, 0) is 25.2 Å². The molecule has 14 heavy (non-hydrogen) atoms. The van der Waals surface area contributed by atoms with Gasteiger partial charge in [-0.3, -0.25) is 0 Å². The third kappa shape index (κ3) is 1.68. The summed E-state index contributed by atoms with van der Waals surface area (Å²) in [5.41, 5.74) is 0.990. The summed E-state index contributed by atoms with van der Waals surface area (Å²) in [6.07, 6.45) is 6.80. The largest absolute Gasteiger partial charge is 0.344 e. The number of hydrogen-bond donors (Lipinski definition) is 0. The summed E-state index contributed by atoms with van der Waals surface area (Å²) in [6.45, 7) is 2.11. The first kappa shape index (κ1) is 9.69. The predicted molar refractivity (Wildman–Crippen MR) is 53.9 cm³/mol. The van der Waals surface area contributed by atoms with Crippen molar-refractivity contribution in [3.05, 3.63) is 0 Å². The van der Waals surface area contributed by atoms with Crippen LogP contribution in [0.25, 0.3) is 0 Å². The molecule has 0 saturated heterocycles. The van der Waals surface area contributed by atoms with E-state index < -0.39 is 0 Å². The van der Waals surface area contributed by atoms with Gasteiger partial charge in [0.25, 0.3) is 0 Å². The average molecular weight is 195 g/mol. The molecule has 3 heteroatoms. The molecule has 1 fully saturated rings. The molecule has 78 valence electrons. The van der Waals surface area contributed by atoms with Crippen molar-refractivity contribution in [2.45, 2.75) is 45.4 Å². The average Bonchev–Trinajstić information content (AvgIpc) is 2.76. The van der Waals surface area contributed by atoms with Crippen LogP contribution in [-0.4, -0.2) is 11.7 Å². The highest BCUT2D eigenvalue weighted by Crippen LogP contribution is 2.35. The Hall–Kier alpha value is -0.860. The fourth-order valence-corrected chi connectivity index (χ4v) is 2.57. The van der Waals surface area contributed by atoms with E-state index in [1.165, 1.54) is 25.7 Å². The summed E-state index contributed by atoms with van der Waals surface area (Å²) in [5, 5.41) is 3.90. The number of hydrogen-bond acceptors (Lipinski definition) is 3. The Morgan fingerprint density at radius 1 is 1.43 bits per heavy atom. The first-order valence-electron chi connectivity index (χ1n) is 5.60. The molecular weight excluding hydrogens is 178 g/mol. The van der Waals surface area contributed by atoms with Crippen molar-refractivity contribution < 1.29 is 9.63 Å². The summed E-state index contributed by atoms with van der Waals surface area (Å²) in [7, 11) is 0. The normalized spacial score (nSPS) is 27.9. The molecule has 1 atom stereocenters. The number of carbonyl (C=O) groups is 1. The van der Waals surface area contributed by atoms with Gasteiger partial charge >= 0.3 is 5.97 Å². The third-order valence-corrected chi connectivity index (χ3v) is 3.24. The summed E-state index contributed by atoms with van der Waals surface area (Å²) < 4.78 is 0. The minimum Gasteiger partial charge on any atom is -0.318 e. The Kier molecular flexibility index (Phi) is 2.85. The van der Waals surface area contributed by atoms with E-state index in [1.54, 1.807) is 0 Å². The molecule has 0 bridgehead atoms. The molecule has 1 unspecified atom stereocenters. The topological polar surface area (TPSA) is 38.7 Å². The van der Waals surface area contributed by atoms with E-state index in [9.17, 15) is 4.79 Å². The van der Waals surface area contributed by atoms with Crippen LogP contribution in [0.5, 0.6) is 0 Å². The second-order valence-electron chi connectivity index (χ2n) is 4.27. The number of nitrogens with zero attached hydrogens (tertiary/aromatic N) is 1. The zero-order chi connectivity index (χ0) is 9.97. The van der Waals surface area contributed by atoms with Crippen molar-refractivity contribution in [2.24, 2.45) is 17.0 Å². The van der Waals surface area contributed by atoms with Gasteiger partial charge < -0.3 is 4.84 Å². The van der Waals surface area contributed by atoms with E-state index in [2.05, 4.69) is 12.1 Å². The van der Waals surface area contributed by atoms with Gasteiger partial charge in [0.05, 0.1) is 5.71 Å². The standard InChI is InChI=1S/C11H17NO2/c1-2-5-9-10(11(13)14-12-9)8-6-3-4-7-8/h8,10H,2-7H2,1H3. The molecular formula is C11H17NO2. The minimum atomic E-state index is -0.111. The van der Waals surface area contributed by atoms with Crippen LogP contribution in [-0.2, 0) is 9.63 Å². The smallest absolute Gasteiger partial charge is 0.318 e. The number of rotatable bonds is 3. The maximum Gasteiger partial charge on any atom is 0.344 e. The Bertz CT molecular complexity index is 254. The third-order valence-electron chi connectivity index (χ3n) is 3.24. The van der Waals surface area contributed by atoms with Gasteiger partial charge in [-0.25, -0.2) is 4.79 Å². The lowest BCUT2D eigenvalue weighted by Crippen LogP contribution is -2.25. The molecule has 2 rings (SSSR count). The van der Waals surface area contributed by atoms with E-state index >= 15 is 0 Å². The van der Waals surface area contributed by atoms with Crippen LogP contribution in [0.15, 0.2) is 5.16 Å². The van der Waals surface area contributed by atoms with Crippen LogP contribution in [0.1, 0.15) is 45.4 Å². The van der Waals surface area contributed by atoms with Crippen LogP contribution in [0, 0.1) is 11.8 Å². The highest BCUT2D eigenvalue weighted by Gasteiger charge is 2.39. The minimum absolute atomic E-state index is 0.00236. The molecule has 1 aliphatic heterocycles. The molecule has 0 spiro atoms. The summed E-state index contributed by atoms with van der Waals surface area (Å²) in [6, 6.07) is 0. The molecule has 1 aliphatic carbocycles. The lowest BCUT2D eigenvalue weighted by Gasteiger charge is -2.15.